The molecule has 5 heterocycles. The molecular weight excluding hydrogens is 624 g/mol. The molecule has 47 heavy (non-hydrogen) atoms. The predicted molar refractivity (Wildman–Crippen MR) is 177 cm³/mol. The Balaban J connectivity index is 1.13. The molecule has 0 bridgehead atoms. The van der Waals surface area contributed by atoms with Crippen LogP contribution in [0.2, 0.25) is 0 Å². The quantitative estimate of drug-likeness (QED) is 0.225. The molecule has 1 atom stereocenters. The van der Waals surface area contributed by atoms with Gasteiger partial charge >= 0.3 is 0 Å². The van der Waals surface area contributed by atoms with Crippen molar-refractivity contribution >= 4 is 38.3 Å². The first-order valence-corrected chi connectivity index (χ1v) is 17.2. The van der Waals surface area contributed by atoms with Gasteiger partial charge in [-0.25, -0.2) is 28.4 Å². The van der Waals surface area contributed by atoms with Crippen LogP contribution in [0.4, 0.5) is 17.6 Å². The second-order valence-corrected chi connectivity index (χ2v) is 15.4. The van der Waals surface area contributed by atoms with E-state index >= 15 is 0 Å². The molecule has 3 aromatic heterocycles. The molecule has 2 aliphatic heterocycles. The summed E-state index contributed by atoms with van der Waals surface area (Å²) in [5, 5.41) is 14.3. The first-order valence-electron chi connectivity index (χ1n) is 15.7. The minimum atomic E-state index is -3.80. The first kappa shape index (κ1) is 32.8. The van der Waals surface area contributed by atoms with Crippen LogP contribution in [-0.2, 0) is 14.6 Å². The van der Waals surface area contributed by atoms with Crippen molar-refractivity contribution in [3.63, 3.8) is 0 Å². The number of ether oxygens (including phenoxy) is 3. The van der Waals surface area contributed by atoms with Crippen LogP contribution in [-0.4, -0.2) is 114 Å². The Kier molecular flexibility index (Phi) is 9.46. The molecule has 4 aromatic rings. The zero-order valence-corrected chi connectivity index (χ0v) is 28.2. The molecule has 1 aromatic carbocycles. The van der Waals surface area contributed by atoms with Crippen molar-refractivity contribution < 1.29 is 22.6 Å². The third kappa shape index (κ3) is 7.25. The second kappa shape index (κ2) is 13.5. The Labute approximate surface area is 274 Å². The highest BCUT2D eigenvalue weighted by atomic mass is 32.2. The number of nitrogens with zero attached hydrogens (tertiary/aromatic N) is 7. The van der Waals surface area contributed by atoms with Crippen molar-refractivity contribution in [2.24, 2.45) is 0 Å². The average molecular weight is 667 g/mol. The Morgan fingerprint density at radius 2 is 1.79 bits per heavy atom. The van der Waals surface area contributed by atoms with Crippen molar-refractivity contribution in [3.8, 4) is 11.5 Å². The Morgan fingerprint density at radius 1 is 1.02 bits per heavy atom. The largest absolute Gasteiger partial charge is 0.488 e. The molecule has 15 nitrogen and oxygen atoms in total. The number of H-pyrrole nitrogens is 1. The second-order valence-electron chi connectivity index (χ2n) is 12.7. The number of piperazine rings is 1. The maximum Gasteiger partial charge on any atom is 0.225 e. The summed E-state index contributed by atoms with van der Waals surface area (Å²) in [6.45, 7) is 14.6. The number of fused-ring (bicyclic) bond motifs is 1. The van der Waals surface area contributed by atoms with E-state index in [1.165, 1.54) is 6.33 Å². The van der Waals surface area contributed by atoms with Gasteiger partial charge in [0.25, 0.3) is 0 Å². The fraction of sp³-hybridized carbons (Fsp3) is 0.516. The lowest BCUT2D eigenvalue weighted by Gasteiger charge is -2.34. The molecule has 2 fully saturated rings. The molecule has 252 valence electrons. The van der Waals surface area contributed by atoms with Crippen LogP contribution < -0.4 is 25.0 Å². The van der Waals surface area contributed by atoms with E-state index in [1.807, 2.05) is 13.8 Å². The number of hydrogen-bond acceptors (Lipinski definition) is 14. The van der Waals surface area contributed by atoms with Crippen molar-refractivity contribution in [3.05, 3.63) is 42.1 Å². The van der Waals surface area contributed by atoms with Gasteiger partial charge in [0, 0.05) is 62.0 Å². The van der Waals surface area contributed by atoms with Crippen LogP contribution in [0.1, 0.15) is 32.0 Å². The van der Waals surface area contributed by atoms with E-state index in [0.717, 1.165) is 24.3 Å². The predicted octanol–water partition coefficient (Wildman–Crippen LogP) is 2.60. The Morgan fingerprint density at radius 3 is 2.45 bits per heavy atom. The van der Waals surface area contributed by atoms with Gasteiger partial charge in [0.15, 0.2) is 21.4 Å². The molecule has 6 rings (SSSR count). The highest BCUT2D eigenvalue weighted by Crippen LogP contribution is 2.37. The molecule has 0 saturated carbocycles. The number of aromatic amines is 1. The maximum atomic E-state index is 13.8. The van der Waals surface area contributed by atoms with E-state index < -0.39 is 14.6 Å². The molecule has 3 N–H and O–H groups in total. The molecule has 0 spiro atoms. The molecule has 2 aliphatic rings. The molecular formula is C31H42N10O5S. The molecule has 0 aliphatic carbocycles. The van der Waals surface area contributed by atoms with Crippen LogP contribution in [0.25, 0.3) is 10.9 Å². The van der Waals surface area contributed by atoms with Gasteiger partial charge in [0.1, 0.15) is 42.2 Å². The van der Waals surface area contributed by atoms with Gasteiger partial charge in [-0.3, -0.25) is 10.00 Å². The SMILES string of the molecule is Cc1[nH]nc(Nc2ncnc3cc(OCN4CCN(c5ncc(OC[C@H]6CNCCO6)cn5)CC4)c(S(=O)(=O)C(C)(C)C)cc23)c1C. The van der Waals surface area contributed by atoms with Gasteiger partial charge < -0.3 is 29.7 Å². The number of aromatic nitrogens is 6. The Bertz CT molecular complexity index is 1800. The minimum Gasteiger partial charge on any atom is -0.488 e. The van der Waals surface area contributed by atoms with Crippen molar-refractivity contribution in [1.29, 1.82) is 0 Å². The van der Waals surface area contributed by atoms with Crippen LogP contribution in [0, 0.1) is 13.8 Å². The third-order valence-electron chi connectivity index (χ3n) is 8.40. The van der Waals surface area contributed by atoms with Crippen molar-refractivity contribution in [2.75, 3.05) is 69.4 Å². The lowest BCUT2D eigenvalue weighted by atomic mass is 10.2. The molecule has 2 saturated heterocycles. The monoisotopic (exact) mass is 666 g/mol. The number of nitrogens with one attached hydrogen (secondary N) is 3. The van der Waals surface area contributed by atoms with Gasteiger partial charge in [-0.1, -0.05) is 0 Å². The highest BCUT2D eigenvalue weighted by molar-refractivity contribution is 7.92. The number of morpholine rings is 1. The van der Waals surface area contributed by atoms with E-state index in [0.29, 0.717) is 73.6 Å². The molecule has 0 amide bonds. The van der Waals surface area contributed by atoms with Gasteiger partial charge in [-0.05, 0) is 40.7 Å². The summed E-state index contributed by atoms with van der Waals surface area (Å²) < 4.78 is 44.3. The van der Waals surface area contributed by atoms with Crippen LogP contribution in [0.5, 0.6) is 11.5 Å². The summed E-state index contributed by atoms with van der Waals surface area (Å²) in [6.07, 6.45) is 4.82. The third-order valence-corrected chi connectivity index (χ3v) is 10.9. The summed E-state index contributed by atoms with van der Waals surface area (Å²) in [5.74, 6) is 2.55. The van der Waals surface area contributed by atoms with E-state index in [9.17, 15) is 8.42 Å². The summed E-state index contributed by atoms with van der Waals surface area (Å²) >= 11 is 0. The van der Waals surface area contributed by atoms with E-state index in [2.05, 4.69) is 50.6 Å². The van der Waals surface area contributed by atoms with Crippen molar-refractivity contribution in [1.82, 2.24) is 40.3 Å². The van der Waals surface area contributed by atoms with Crippen LogP contribution in [0.3, 0.4) is 0 Å². The summed E-state index contributed by atoms with van der Waals surface area (Å²) in [5.41, 5.74) is 2.41. The van der Waals surface area contributed by atoms with Gasteiger partial charge in [0.05, 0.1) is 29.3 Å². The topological polar surface area (TPSA) is 173 Å². The summed E-state index contributed by atoms with van der Waals surface area (Å²) in [4.78, 5) is 22.2. The van der Waals surface area contributed by atoms with Crippen LogP contribution >= 0.6 is 0 Å². The number of aryl methyl sites for hydroxylation is 1. The molecule has 16 heteroatoms. The van der Waals surface area contributed by atoms with E-state index in [4.69, 9.17) is 14.2 Å². The lowest BCUT2D eigenvalue weighted by Crippen LogP contribution is -2.48. The number of rotatable bonds is 10. The lowest BCUT2D eigenvalue weighted by molar-refractivity contribution is 0.0000531. The number of sulfone groups is 1. The summed E-state index contributed by atoms with van der Waals surface area (Å²) in [7, 11) is -3.80. The fourth-order valence-electron chi connectivity index (χ4n) is 5.24. The first-order chi connectivity index (χ1) is 22.5. The fourth-order valence-corrected chi connectivity index (χ4v) is 6.55. The zero-order chi connectivity index (χ0) is 33.2. The zero-order valence-electron chi connectivity index (χ0n) is 27.4. The van der Waals surface area contributed by atoms with Gasteiger partial charge in [-0.15, -0.1) is 0 Å². The van der Waals surface area contributed by atoms with Crippen molar-refractivity contribution in [2.45, 2.75) is 50.4 Å². The number of anilines is 3. The smallest absolute Gasteiger partial charge is 0.225 e. The van der Waals surface area contributed by atoms with Crippen LogP contribution in [0.15, 0.2) is 35.7 Å². The summed E-state index contributed by atoms with van der Waals surface area (Å²) in [6, 6.07) is 3.28. The minimum absolute atomic E-state index is 0.0156. The normalized spacial score (nSPS) is 18.0. The Hall–Kier alpha value is -4.12. The van der Waals surface area contributed by atoms with E-state index in [-0.39, 0.29) is 23.5 Å². The number of hydrogen-bond donors (Lipinski definition) is 3. The molecule has 0 radical (unpaired) electrons. The van der Waals surface area contributed by atoms with Gasteiger partial charge in [-0.2, -0.15) is 5.10 Å². The average Bonchev–Trinajstić information content (AvgIpc) is 3.39. The number of benzene rings is 1. The van der Waals surface area contributed by atoms with Gasteiger partial charge in [0.2, 0.25) is 5.95 Å². The standard InChI is InChI=1S/C31H42N10O5S/c1-20-21(2)38-39-28(20)37-29-24-12-27(47(42,43)31(3,4)5)26(13-25(24)35-18-36-29)46-19-40-7-9-41(10-8-40)30-33-15-22(16-34-30)45-17-23-14-32-6-11-44-23/h12-13,15-16,18,23,32H,6-11,14,17,19H2,1-5H3,(H2,35,36,37,38,39)/t23-/m1/s1. The maximum absolute atomic E-state index is 13.8. The highest BCUT2D eigenvalue weighted by Gasteiger charge is 2.34. The molecule has 0 unspecified atom stereocenters. The van der Waals surface area contributed by atoms with E-state index in [1.54, 1.807) is 45.3 Å².